The largest absolute Gasteiger partial charge is 0.481 e. The van der Waals surface area contributed by atoms with Crippen LogP contribution in [0.2, 0.25) is 0 Å². The van der Waals surface area contributed by atoms with Crippen LogP contribution in [0.15, 0.2) is 42.5 Å². The third-order valence-electron chi connectivity index (χ3n) is 2.65. The lowest BCUT2D eigenvalue weighted by Gasteiger charge is -2.08. The fourth-order valence-electron chi connectivity index (χ4n) is 1.73. The van der Waals surface area contributed by atoms with Crippen LogP contribution >= 0.6 is 0 Å². The molecule has 2 aromatic rings. The van der Waals surface area contributed by atoms with E-state index in [0.717, 1.165) is 17.6 Å². The van der Waals surface area contributed by atoms with Crippen molar-refractivity contribution in [3.63, 3.8) is 0 Å². The van der Waals surface area contributed by atoms with E-state index in [1.165, 1.54) is 0 Å². The Kier molecular flexibility index (Phi) is 4.64. The zero-order chi connectivity index (χ0) is 15.3. The van der Waals surface area contributed by atoms with E-state index in [4.69, 9.17) is 4.74 Å². The molecule has 0 amide bonds. The minimum absolute atomic E-state index is 0.530. The molecule has 7 heteroatoms. The Hall–Kier alpha value is -2.28. The summed E-state index contributed by atoms with van der Waals surface area (Å²) < 4.78 is 29.7. The fraction of sp³-hybridized carbons (Fsp3) is 0.214. The van der Waals surface area contributed by atoms with E-state index in [1.807, 2.05) is 12.1 Å². The maximum atomic E-state index is 11.1. The second-order valence-electron chi connectivity index (χ2n) is 4.48. The van der Waals surface area contributed by atoms with Crippen molar-refractivity contribution < 1.29 is 13.2 Å². The maximum absolute atomic E-state index is 11.1. The van der Waals surface area contributed by atoms with Gasteiger partial charge in [0.05, 0.1) is 25.6 Å². The zero-order valence-corrected chi connectivity index (χ0v) is 12.6. The van der Waals surface area contributed by atoms with Crippen molar-refractivity contribution in [2.45, 2.75) is 6.54 Å². The van der Waals surface area contributed by atoms with Crippen molar-refractivity contribution in [2.24, 2.45) is 0 Å². The molecule has 0 fully saturated rings. The Bertz CT molecular complexity index is 700. The summed E-state index contributed by atoms with van der Waals surface area (Å²) in [5.74, 6) is 0.571. The predicted octanol–water partition coefficient (Wildman–Crippen LogP) is 2.07. The molecule has 0 unspecified atom stereocenters. The van der Waals surface area contributed by atoms with Crippen LogP contribution in [0.5, 0.6) is 5.88 Å². The van der Waals surface area contributed by atoms with Gasteiger partial charge in [0.1, 0.15) is 0 Å². The van der Waals surface area contributed by atoms with Gasteiger partial charge in [-0.15, -0.1) is 0 Å². The molecule has 0 atom stereocenters. The lowest BCUT2D eigenvalue weighted by molar-refractivity contribution is 0.396. The highest BCUT2D eigenvalue weighted by atomic mass is 32.2. The van der Waals surface area contributed by atoms with Crippen LogP contribution in [-0.2, 0) is 16.6 Å². The molecule has 112 valence electrons. The number of hydrogen-bond donors (Lipinski definition) is 2. The van der Waals surface area contributed by atoms with Crippen molar-refractivity contribution in [1.29, 1.82) is 0 Å². The van der Waals surface area contributed by atoms with Crippen molar-refractivity contribution in [3.8, 4) is 5.88 Å². The number of anilines is 2. The molecular weight excluding hydrogens is 290 g/mol. The highest BCUT2D eigenvalue weighted by Gasteiger charge is 2.02. The number of nitrogens with one attached hydrogen (secondary N) is 2. The van der Waals surface area contributed by atoms with E-state index in [9.17, 15) is 8.42 Å². The van der Waals surface area contributed by atoms with Gasteiger partial charge in [0.2, 0.25) is 15.9 Å². The van der Waals surface area contributed by atoms with Crippen molar-refractivity contribution in [1.82, 2.24) is 4.98 Å². The number of sulfonamides is 1. The van der Waals surface area contributed by atoms with Crippen LogP contribution in [0, 0.1) is 0 Å². The molecule has 0 radical (unpaired) electrons. The first-order chi connectivity index (χ1) is 9.96. The van der Waals surface area contributed by atoms with Crippen LogP contribution < -0.4 is 14.8 Å². The zero-order valence-electron chi connectivity index (χ0n) is 11.8. The monoisotopic (exact) mass is 307 g/mol. The quantitative estimate of drug-likeness (QED) is 0.854. The van der Waals surface area contributed by atoms with Gasteiger partial charge < -0.3 is 10.1 Å². The molecule has 6 nitrogen and oxygen atoms in total. The number of benzene rings is 1. The number of methoxy groups -OCH3 is 1. The molecule has 1 aromatic heterocycles. The van der Waals surface area contributed by atoms with Crippen molar-refractivity contribution in [3.05, 3.63) is 48.2 Å². The summed E-state index contributed by atoms with van der Waals surface area (Å²) in [4.78, 5) is 4.30. The molecule has 0 aliphatic carbocycles. The normalized spacial score (nSPS) is 11.0. The van der Waals surface area contributed by atoms with Crippen molar-refractivity contribution >= 4 is 21.4 Å². The number of ether oxygens (including phenoxy) is 1. The molecule has 0 spiro atoms. The molecule has 1 heterocycles. The minimum atomic E-state index is -3.25. The van der Waals surface area contributed by atoms with Crippen LogP contribution in [0.4, 0.5) is 11.4 Å². The summed E-state index contributed by atoms with van der Waals surface area (Å²) in [5.41, 5.74) is 2.26. The minimum Gasteiger partial charge on any atom is -0.481 e. The molecular formula is C14H17N3O3S. The van der Waals surface area contributed by atoms with Gasteiger partial charge in [-0.1, -0.05) is 6.07 Å². The Morgan fingerprint density at radius 1 is 1.10 bits per heavy atom. The summed E-state index contributed by atoms with van der Waals surface area (Å²) in [6.45, 7) is 0.552. The van der Waals surface area contributed by atoms with Gasteiger partial charge in [-0.3, -0.25) is 4.72 Å². The topological polar surface area (TPSA) is 80.3 Å². The number of pyridine rings is 1. The summed E-state index contributed by atoms with van der Waals surface area (Å²) >= 11 is 0. The molecule has 21 heavy (non-hydrogen) atoms. The highest BCUT2D eigenvalue weighted by molar-refractivity contribution is 7.92. The van der Waals surface area contributed by atoms with E-state index in [0.29, 0.717) is 18.1 Å². The summed E-state index contributed by atoms with van der Waals surface area (Å²) in [5, 5.41) is 3.21. The van der Waals surface area contributed by atoms with E-state index >= 15 is 0 Å². The molecule has 2 N–H and O–H groups in total. The number of nitrogens with zero attached hydrogens (tertiary/aromatic N) is 1. The van der Waals surface area contributed by atoms with Gasteiger partial charge in [-0.25, -0.2) is 13.4 Å². The van der Waals surface area contributed by atoms with Crippen LogP contribution in [0.3, 0.4) is 0 Å². The summed E-state index contributed by atoms with van der Waals surface area (Å²) in [7, 11) is -1.67. The molecule has 0 aliphatic heterocycles. The van der Waals surface area contributed by atoms with Gasteiger partial charge in [-0.05, 0) is 30.3 Å². The predicted molar refractivity (Wildman–Crippen MR) is 83.0 cm³/mol. The summed E-state index contributed by atoms with van der Waals surface area (Å²) in [6, 6.07) is 12.6. The smallest absolute Gasteiger partial charge is 0.229 e. The van der Waals surface area contributed by atoms with E-state index < -0.39 is 10.0 Å². The number of rotatable bonds is 6. The average molecular weight is 307 g/mol. The van der Waals surface area contributed by atoms with E-state index in [-0.39, 0.29) is 0 Å². The van der Waals surface area contributed by atoms with Gasteiger partial charge in [0.25, 0.3) is 0 Å². The molecule has 0 saturated carbocycles. The van der Waals surface area contributed by atoms with Crippen LogP contribution in [0.25, 0.3) is 0 Å². The average Bonchev–Trinajstić information content (AvgIpc) is 2.45. The summed E-state index contributed by atoms with van der Waals surface area (Å²) in [6.07, 6.45) is 1.12. The Morgan fingerprint density at radius 2 is 1.76 bits per heavy atom. The van der Waals surface area contributed by atoms with Crippen LogP contribution in [0.1, 0.15) is 5.69 Å². The van der Waals surface area contributed by atoms with Gasteiger partial charge in [0, 0.05) is 17.4 Å². The third kappa shape index (κ3) is 4.96. The Morgan fingerprint density at radius 3 is 2.38 bits per heavy atom. The molecule has 0 bridgehead atoms. The molecule has 2 rings (SSSR count). The Labute approximate surface area is 124 Å². The number of aromatic nitrogens is 1. The maximum Gasteiger partial charge on any atom is 0.229 e. The fourth-order valence-corrected chi connectivity index (χ4v) is 2.30. The van der Waals surface area contributed by atoms with Crippen LogP contribution in [-0.4, -0.2) is 26.8 Å². The highest BCUT2D eigenvalue weighted by Crippen LogP contribution is 2.15. The first kappa shape index (κ1) is 15.1. The molecule has 1 aromatic carbocycles. The lowest BCUT2D eigenvalue weighted by atomic mass is 10.2. The van der Waals surface area contributed by atoms with Gasteiger partial charge >= 0.3 is 0 Å². The number of hydrogen-bond acceptors (Lipinski definition) is 5. The Balaban J connectivity index is 1.97. The third-order valence-corrected chi connectivity index (χ3v) is 3.26. The van der Waals surface area contributed by atoms with E-state index in [2.05, 4.69) is 15.0 Å². The molecule has 0 aliphatic rings. The van der Waals surface area contributed by atoms with Gasteiger partial charge in [0.15, 0.2) is 0 Å². The first-order valence-corrected chi connectivity index (χ1v) is 8.17. The second kappa shape index (κ2) is 6.45. The lowest BCUT2D eigenvalue weighted by Crippen LogP contribution is -2.09. The van der Waals surface area contributed by atoms with E-state index in [1.54, 1.807) is 37.4 Å². The molecule has 0 saturated heterocycles. The SMILES string of the molecule is COc1cccc(CNc2ccc(NS(C)(=O)=O)cc2)n1. The van der Waals surface area contributed by atoms with Crippen molar-refractivity contribution in [2.75, 3.05) is 23.4 Å². The van der Waals surface area contributed by atoms with Gasteiger partial charge in [-0.2, -0.15) is 0 Å². The second-order valence-corrected chi connectivity index (χ2v) is 6.22. The first-order valence-electron chi connectivity index (χ1n) is 6.28. The standard InChI is InChI=1S/C14H17N3O3S/c1-20-14-5-3-4-13(16-14)10-15-11-6-8-12(9-7-11)17-21(2,18)19/h3-9,15,17H,10H2,1-2H3.